The highest BCUT2D eigenvalue weighted by atomic mass is 32.1. The Morgan fingerprint density at radius 1 is 1.22 bits per heavy atom. The second-order valence-corrected chi connectivity index (χ2v) is 6.13. The molecule has 114 valence electrons. The summed E-state index contributed by atoms with van der Waals surface area (Å²) in [6.07, 6.45) is 1.83. The third kappa shape index (κ3) is 2.68. The van der Waals surface area contributed by atoms with Gasteiger partial charge in [-0.05, 0) is 37.3 Å². The van der Waals surface area contributed by atoms with Gasteiger partial charge >= 0.3 is 0 Å². The molecule has 5 nitrogen and oxygen atoms in total. The first-order chi connectivity index (χ1) is 11.2. The van der Waals surface area contributed by atoms with E-state index in [9.17, 15) is 4.79 Å². The van der Waals surface area contributed by atoms with E-state index in [1.807, 2.05) is 48.8 Å². The van der Waals surface area contributed by atoms with Gasteiger partial charge in [0.2, 0.25) is 0 Å². The molecule has 1 aromatic carbocycles. The van der Waals surface area contributed by atoms with Crippen LogP contribution in [-0.2, 0) is 4.79 Å². The number of hydrogen-bond donors (Lipinski definition) is 1. The molecular formula is C17H13N3O2S. The number of thiazole rings is 1. The molecule has 0 unspecified atom stereocenters. The molecule has 0 saturated heterocycles. The summed E-state index contributed by atoms with van der Waals surface area (Å²) in [6.45, 7) is 2.02. The Bertz CT molecular complexity index is 887. The van der Waals surface area contributed by atoms with Crippen LogP contribution < -0.4 is 10.1 Å². The number of aromatic nitrogens is 2. The van der Waals surface area contributed by atoms with Crippen molar-refractivity contribution in [3.05, 3.63) is 47.6 Å². The minimum atomic E-state index is -0.139. The van der Waals surface area contributed by atoms with E-state index < -0.39 is 0 Å². The summed E-state index contributed by atoms with van der Waals surface area (Å²) in [5, 5.41) is 5.72. The SMILES string of the molecule is Cc1ccc(-c2csc(-c3ccc4c(c3)NC(=O)CO4)n2)cn1. The third-order valence-electron chi connectivity index (χ3n) is 3.57. The zero-order chi connectivity index (χ0) is 15.8. The molecular weight excluding hydrogens is 310 g/mol. The summed E-state index contributed by atoms with van der Waals surface area (Å²) >= 11 is 1.56. The summed E-state index contributed by atoms with van der Waals surface area (Å²) in [5.41, 5.74) is 4.51. The van der Waals surface area contributed by atoms with E-state index in [-0.39, 0.29) is 12.5 Å². The van der Waals surface area contributed by atoms with Gasteiger partial charge in [0.05, 0.1) is 11.4 Å². The molecule has 4 rings (SSSR count). The van der Waals surface area contributed by atoms with Gasteiger partial charge in [0.1, 0.15) is 10.8 Å². The molecule has 0 radical (unpaired) electrons. The first-order valence-corrected chi connectivity index (χ1v) is 8.03. The first-order valence-electron chi connectivity index (χ1n) is 7.15. The van der Waals surface area contributed by atoms with Crippen LogP contribution in [0.25, 0.3) is 21.8 Å². The molecule has 1 aliphatic heterocycles. The van der Waals surface area contributed by atoms with Gasteiger partial charge in [-0.1, -0.05) is 0 Å². The summed E-state index contributed by atoms with van der Waals surface area (Å²) < 4.78 is 5.37. The van der Waals surface area contributed by atoms with E-state index in [0.29, 0.717) is 11.4 Å². The summed E-state index contributed by atoms with van der Waals surface area (Å²) in [7, 11) is 0. The number of amides is 1. The van der Waals surface area contributed by atoms with E-state index in [1.165, 1.54) is 0 Å². The second kappa shape index (κ2) is 5.48. The Morgan fingerprint density at radius 2 is 2.09 bits per heavy atom. The van der Waals surface area contributed by atoms with Crippen molar-refractivity contribution in [2.75, 3.05) is 11.9 Å². The minimum Gasteiger partial charge on any atom is -0.482 e. The van der Waals surface area contributed by atoms with Gasteiger partial charge in [-0.15, -0.1) is 11.3 Å². The largest absolute Gasteiger partial charge is 0.482 e. The fourth-order valence-electron chi connectivity index (χ4n) is 2.37. The number of ether oxygens (including phenoxy) is 1. The van der Waals surface area contributed by atoms with Crippen LogP contribution >= 0.6 is 11.3 Å². The topological polar surface area (TPSA) is 64.1 Å². The number of pyridine rings is 1. The normalized spacial score (nSPS) is 13.2. The Balaban J connectivity index is 1.68. The minimum absolute atomic E-state index is 0.0637. The van der Waals surface area contributed by atoms with Crippen molar-refractivity contribution in [3.8, 4) is 27.6 Å². The molecule has 0 aliphatic carbocycles. The van der Waals surface area contributed by atoms with Crippen LogP contribution in [0.1, 0.15) is 5.69 Å². The molecule has 2 aromatic heterocycles. The predicted molar refractivity (Wildman–Crippen MR) is 89.6 cm³/mol. The number of benzene rings is 1. The quantitative estimate of drug-likeness (QED) is 0.784. The lowest BCUT2D eigenvalue weighted by atomic mass is 10.1. The number of rotatable bonds is 2. The van der Waals surface area contributed by atoms with Gasteiger partial charge in [-0.25, -0.2) is 4.98 Å². The molecule has 0 fully saturated rings. The Hall–Kier alpha value is -2.73. The maximum atomic E-state index is 11.4. The lowest BCUT2D eigenvalue weighted by Gasteiger charge is -2.18. The van der Waals surface area contributed by atoms with Crippen molar-refractivity contribution < 1.29 is 9.53 Å². The van der Waals surface area contributed by atoms with Gasteiger partial charge in [0.15, 0.2) is 6.61 Å². The van der Waals surface area contributed by atoms with E-state index in [1.54, 1.807) is 11.3 Å². The average molecular weight is 323 g/mol. The van der Waals surface area contributed by atoms with Gasteiger partial charge in [0, 0.05) is 28.4 Å². The number of nitrogens with zero attached hydrogens (tertiary/aromatic N) is 2. The van der Waals surface area contributed by atoms with Gasteiger partial charge in [-0.3, -0.25) is 9.78 Å². The maximum absolute atomic E-state index is 11.4. The van der Waals surface area contributed by atoms with Crippen molar-refractivity contribution in [1.82, 2.24) is 9.97 Å². The highest BCUT2D eigenvalue weighted by molar-refractivity contribution is 7.13. The molecule has 6 heteroatoms. The molecule has 0 spiro atoms. The van der Waals surface area contributed by atoms with Crippen LogP contribution in [-0.4, -0.2) is 22.5 Å². The molecule has 1 aliphatic rings. The summed E-state index contributed by atoms with van der Waals surface area (Å²) in [6, 6.07) is 9.69. The number of carbonyl (C=O) groups is 1. The summed E-state index contributed by atoms with van der Waals surface area (Å²) in [5.74, 6) is 0.549. The average Bonchev–Trinajstić information content (AvgIpc) is 3.05. The number of carbonyl (C=O) groups excluding carboxylic acids is 1. The van der Waals surface area contributed by atoms with E-state index in [2.05, 4.69) is 15.3 Å². The van der Waals surface area contributed by atoms with Gasteiger partial charge < -0.3 is 10.1 Å². The van der Waals surface area contributed by atoms with Crippen LogP contribution in [0.2, 0.25) is 0 Å². The van der Waals surface area contributed by atoms with Gasteiger partial charge in [-0.2, -0.15) is 0 Å². The van der Waals surface area contributed by atoms with Crippen molar-refractivity contribution in [1.29, 1.82) is 0 Å². The molecule has 1 amide bonds. The Kier molecular flexibility index (Phi) is 3.31. The smallest absolute Gasteiger partial charge is 0.262 e. The van der Waals surface area contributed by atoms with E-state index in [4.69, 9.17) is 4.74 Å². The number of hydrogen-bond acceptors (Lipinski definition) is 5. The Morgan fingerprint density at radius 3 is 2.91 bits per heavy atom. The van der Waals surface area contributed by atoms with Crippen molar-refractivity contribution >= 4 is 22.9 Å². The standard InChI is InChI=1S/C17H13N3O2S/c1-10-2-3-12(7-18-10)14-9-23-17(20-14)11-4-5-15-13(6-11)19-16(21)8-22-15/h2-7,9H,8H2,1H3,(H,19,21). The molecule has 0 bridgehead atoms. The Labute approximate surface area is 137 Å². The number of anilines is 1. The van der Waals surface area contributed by atoms with Crippen LogP contribution in [0.5, 0.6) is 5.75 Å². The number of fused-ring (bicyclic) bond motifs is 1. The zero-order valence-corrected chi connectivity index (χ0v) is 13.2. The van der Waals surface area contributed by atoms with Crippen LogP contribution in [0.15, 0.2) is 41.9 Å². The molecule has 3 aromatic rings. The third-order valence-corrected chi connectivity index (χ3v) is 4.46. The van der Waals surface area contributed by atoms with E-state index >= 15 is 0 Å². The van der Waals surface area contributed by atoms with Crippen LogP contribution in [0.3, 0.4) is 0 Å². The fourth-order valence-corrected chi connectivity index (χ4v) is 3.20. The highest BCUT2D eigenvalue weighted by Crippen LogP contribution is 2.35. The van der Waals surface area contributed by atoms with Crippen LogP contribution in [0, 0.1) is 6.92 Å². The van der Waals surface area contributed by atoms with E-state index in [0.717, 1.165) is 27.5 Å². The van der Waals surface area contributed by atoms with Crippen LogP contribution in [0.4, 0.5) is 5.69 Å². The predicted octanol–water partition coefficient (Wildman–Crippen LogP) is 3.51. The lowest BCUT2D eigenvalue weighted by molar-refractivity contribution is -0.118. The molecule has 1 N–H and O–H groups in total. The zero-order valence-electron chi connectivity index (χ0n) is 12.4. The molecule has 3 heterocycles. The maximum Gasteiger partial charge on any atom is 0.262 e. The monoisotopic (exact) mass is 323 g/mol. The van der Waals surface area contributed by atoms with Crippen molar-refractivity contribution in [2.45, 2.75) is 6.92 Å². The number of nitrogens with one attached hydrogen (secondary N) is 1. The summed E-state index contributed by atoms with van der Waals surface area (Å²) in [4.78, 5) is 20.4. The molecule has 0 saturated carbocycles. The second-order valence-electron chi connectivity index (χ2n) is 5.27. The number of aryl methyl sites for hydroxylation is 1. The highest BCUT2D eigenvalue weighted by Gasteiger charge is 2.17. The first kappa shape index (κ1) is 13.9. The molecule has 0 atom stereocenters. The van der Waals surface area contributed by atoms with Crippen molar-refractivity contribution in [2.24, 2.45) is 0 Å². The van der Waals surface area contributed by atoms with Crippen molar-refractivity contribution in [3.63, 3.8) is 0 Å². The lowest BCUT2D eigenvalue weighted by Crippen LogP contribution is -2.25. The van der Waals surface area contributed by atoms with Gasteiger partial charge in [0.25, 0.3) is 5.91 Å². The fraction of sp³-hybridized carbons (Fsp3) is 0.118. The molecule has 23 heavy (non-hydrogen) atoms.